The quantitative estimate of drug-likeness (QED) is 0.379. The van der Waals surface area contributed by atoms with Crippen LogP contribution < -0.4 is 19.7 Å². The number of fused-ring (bicyclic) bond motifs is 1. The van der Waals surface area contributed by atoms with Crippen molar-refractivity contribution in [3.8, 4) is 17.2 Å². The number of nitrogens with one attached hydrogen (secondary N) is 1. The number of aliphatic hydroxyl groups excluding tert-OH is 1. The van der Waals surface area contributed by atoms with Crippen LogP contribution in [0.5, 0.6) is 17.2 Å². The van der Waals surface area contributed by atoms with Crippen LogP contribution in [0, 0.1) is 6.92 Å². The normalized spacial score (nSPS) is 21.0. The largest absolute Gasteiger partial charge is 0.490 e. The van der Waals surface area contributed by atoms with E-state index in [1.807, 2.05) is 61.5 Å². The van der Waals surface area contributed by atoms with Crippen LogP contribution in [0.1, 0.15) is 29.0 Å². The molecule has 1 saturated heterocycles. The third kappa shape index (κ3) is 6.30. The molecule has 7 heteroatoms. The Balaban J connectivity index is 1.26. The molecule has 0 saturated carbocycles. The predicted molar refractivity (Wildman–Crippen MR) is 149 cm³/mol. The molecule has 1 fully saturated rings. The summed E-state index contributed by atoms with van der Waals surface area (Å²) in [5, 5.41) is 14.2. The number of para-hydroxylation sites is 1. The Labute approximate surface area is 225 Å². The van der Waals surface area contributed by atoms with Crippen LogP contribution in [0.2, 0.25) is 0 Å². The van der Waals surface area contributed by atoms with Gasteiger partial charge in [-0.15, -0.1) is 0 Å². The molecule has 7 nitrogen and oxygen atoms in total. The highest BCUT2D eigenvalue weighted by Crippen LogP contribution is 2.35. The first kappa shape index (κ1) is 26.5. The average molecular weight is 519 g/mol. The Bertz CT molecular complexity index is 1190. The van der Waals surface area contributed by atoms with Crippen LogP contribution in [-0.4, -0.2) is 63.8 Å². The first-order valence-corrected chi connectivity index (χ1v) is 13.5. The zero-order chi connectivity index (χ0) is 26.3. The molecule has 0 aromatic heterocycles. The monoisotopic (exact) mass is 518 g/mol. The number of methoxy groups -OCH3 is 1. The highest BCUT2D eigenvalue weighted by molar-refractivity contribution is 5.61. The van der Waals surface area contributed by atoms with Gasteiger partial charge in [0.05, 0.1) is 31.0 Å². The van der Waals surface area contributed by atoms with Crippen molar-refractivity contribution in [1.29, 1.82) is 0 Å². The first-order valence-electron chi connectivity index (χ1n) is 13.5. The van der Waals surface area contributed by atoms with E-state index in [0.29, 0.717) is 26.3 Å². The van der Waals surface area contributed by atoms with Crippen LogP contribution >= 0.6 is 0 Å². The molecule has 5 rings (SSSR count). The van der Waals surface area contributed by atoms with Crippen molar-refractivity contribution in [2.24, 2.45) is 0 Å². The molecule has 0 unspecified atom stereocenters. The minimum Gasteiger partial charge on any atom is -0.490 e. The van der Waals surface area contributed by atoms with E-state index in [9.17, 15) is 5.11 Å². The number of nitrogens with zero attached hydrogens (tertiary/aromatic N) is 1. The lowest BCUT2D eigenvalue weighted by Gasteiger charge is -2.36. The lowest BCUT2D eigenvalue weighted by atomic mass is 9.85. The molecule has 0 aliphatic carbocycles. The van der Waals surface area contributed by atoms with E-state index in [2.05, 4.69) is 22.3 Å². The third-order valence-electron chi connectivity index (χ3n) is 7.32. The van der Waals surface area contributed by atoms with Crippen molar-refractivity contribution in [3.63, 3.8) is 0 Å². The van der Waals surface area contributed by atoms with Crippen molar-refractivity contribution in [2.45, 2.75) is 38.1 Å². The predicted octanol–water partition coefficient (Wildman–Crippen LogP) is 4.66. The number of aryl methyl sites for hydroxylation is 1. The van der Waals surface area contributed by atoms with Gasteiger partial charge in [-0.2, -0.15) is 0 Å². The minimum absolute atomic E-state index is 0.129. The summed E-state index contributed by atoms with van der Waals surface area (Å²) >= 11 is 0. The number of rotatable bonds is 10. The molecular weight excluding hydrogens is 480 g/mol. The number of hydrogen-bond acceptors (Lipinski definition) is 7. The Kier molecular flexibility index (Phi) is 8.81. The van der Waals surface area contributed by atoms with Crippen molar-refractivity contribution in [3.05, 3.63) is 83.4 Å². The van der Waals surface area contributed by atoms with E-state index in [0.717, 1.165) is 65.7 Å². The first-order chi connectivity index (χ1) is 18.6. The Morgan fingerprint density at radius 2 is 1.89 bits per heavy atom. The number of aliphatic hydroxyl groups is 1. The van der Waals surface area contributed by atoms with Crippen molar-refractivity contribution >= 4 is 5.69 Å². The molecule has 2 aliphatic rings. The molecule has 38 heavy (non-hydrogen) atoms. The summed E-state index contributed by atoms with van der Waals surface area (Å²) in [5.74, 6) is 2.40. The van der Waals surface area contributed by atoms with Gasteiger partial charge in [0, 0.05) is 39.3 Å². The second kappa shape index (κ2) is 12.6. The van der Waals surface area contributed by atoms with Gasteiger partial charge in [0.2, 0.25) is 0 Å². The zero-order valence-electron chi connectivity index (χ0n) is 22.3. The lowest BCUT2D eigenvalue weighted by molar-refractivity contribution is -0.0328. The number of piperidine rings is 1. The fourth-order valence-corrected chi connectivity index (χ4v) is 5.27. The zero-order valence-corrected chi connectivity index (χ0v) is 22.3. The van der Waals surface area contributed by atoms with E-state index in [1.165, 1.54) is 0 Å². The number of benzene rings is 3. The summed E-state index contributed by atoms with van der Waals surface area (Å²) < 4.78 is 23.6. The second-order valence-corrected chi connectivity index (χ2v) is 10.0. The van der Waals surface area contributed by atoms with E-state index >= 15 is 0 Å². The van der Waals surface area contributed by atoms with Gasteiger partial charge >= 0.3 is 0 Å². The van der Waals surface area contributed by atoms with Crippen LogP contribution in [0.4, 0.5) is 5.69 Å². The average Bonchev–Trinajstić information content (AvgIpc) is 2.94. The smallest absolute Gasteiger partial charge is 0.142 e. The second-order valence-electron chi connectivity index (χ2n) is 10.0. The van der Waals surface area contributed by atoms with Crippen molar-refractivity contribution in [1.82, 2.24) is 5.32 Å². The molecule has 0 bridgehead atoms. The van der Waals surface area contributed by atoms with Crippen LogP contribution in [0.3, 0.4) is 0 Å². The number of anilines is 1. The molecular formula is C31H38N2O5. The maximum Gasteiger partial charge on any atom is 0.142 e. The number of ether oxygens (including phenoxy) is 4. The summed E-state index contributed by atoms with van der Waals surface area (Å²) in [6.07, 6.45) is 0.274. The molecule has 2 N–H and O–H groups in total. The Morgan fingerprint density at radius 3 is 2.71 bits per heavy atom. The number of hydrogen-bond donors (Lipinski definition) is 2. The van der Waals surface area contributed by atoms with Gasteiger partial charge in [-0.25, -0.2) is 0 Å². The molecule has 2 heterocycles. The summed E-state index contributed by atoms with van der Waals surface area (Å²) in [6.45, 7) is 6.95. The SMILES string of the molecule is COCCCN1CCOc2ccc(CO[C@H]3CNC[C@@H](O)[C@@H]3c3ccc(Oc4ccccc4C)cc3)cc21. The van der Waals surface area contributed by atoms with Gasteiger partial charge in [0.25, 0.3) is 0 Å². The van der Waals surface area contributed by atoms with E-state index < -0.39 is 6.10 Å². The maximum atomic E-state index is 10.9. The Hall–Kier alpha value is -3.10. The summed E-state index contributed by atoms with van der Waals surface area (Å²) in [5.41, 5.74) is 4.33. The summed E-state index contributed by atoms with van der Waals surface area (Å²) in [7, 11) is 1.74. The van der Waals surface area contributed by atoms with Crippen LogP contribution in [0.15, 0.2) is 66.7 Å². The van der Waals surface area contributed by atoms with Crippen LogP contribution in [-0.2, 0) is 16.1 Å². The molecule has 202 valence electrons. The molecule has 3 aromatic carbocycles. The molecule has 0 amide bonds. The van der Waals surface area contributed by atoms with Gasteiger partial charge in [0.15, 0.2) is 0 Å². The van der Waals surface area contributed by atoms with E-state index in [4.69, 9.17) is 18.9 Å². The van der Waals surface area contributed by atoms with Gasteiger partial charge in [0.1, 0.15) is 23.9 Å². The summed E-state index contributed by atoms with van der Waals surface area (Å²) in [6, 6.07) is 22.3. The fraction of sp³-hybridized carbons (Fsp3) is 0.419. The molecule has 0 radical (unpaired) electrons. The van der Waals surface area contributed by atoms with Crippen LogP contribution in [0.25, 0.3) is 0 Å². The highest BCUT2D eigenvalue weighted by atomic mass is 16.5. The third-order valence-corrected chi connectivity index (χ3v) is 7.32. The molecule has 3 aromatic rings. The highest BCUT2D eigenvalue weighted by Gasteiger charge is 2.34. The topological polar surface area (TPSA) is 72.4 Å². The standard InChI is InChI=1S/C31H38N2O5/c1-22-6-3-4-7-28(22)38-25-11-9-24(10-12-25)31-27(34)19-32-20-30(31)37-21-23-8-13-29-26(18-23)33(15-17-36-29)14-5-16-35-2/h3-4,6-13,18,27,30-32,34H,5,14-17,19-21H2,1-2H3/t27-,30+,31+/m1/s1. The number of β-amino-alcohol motifs (C(OH)–C–C–N with tert-alkyl or cyclic N) is 1. The lowest BCUT2D eigenvalue weighted by Crippen LogP contribution is -2.49. The molecule has 0 spiro atoms. The molecule has 3 atom stereocenters. The van der Waals surface area contributed by atoms with Gasteiger partial charge < -0.3 is 34.3 Å². The molecule has 2 aliphatic heterocycles. The van der Waals surface area contributed by atoms with Crippen molar-refractivity contribution < 1.29 is 24.1 Å². The maximum absolute atomic E-state index is 10.9. The fourth-order valence-electron chi connectivity index (χ4n) is 5.27. The van der Waals surface area contributed by atoms with Gasteiger partial charge in [-0.1, -0.05) is 36.4 Å². The van der Waals surface area contributed by atoms with Gasteiger partial charge in [-0.3, -0.25) is 0 Å². The minimum atomic E-state index is -0.537. The summed E-state index contributed by atoms with van der Waals surface area (Å²) in [4.78, 5) is 2.36. The van der Waals surface area contributed by atoms with Gasteiger partial charge in [-0.05, 0) is 60.4 Å². The van der Waals surface area contributed by atoms with E-state index in [-0.39, 0.29) is 12.0 Å². The van der Waals surface area contributed by atoms with Crippen molar-refractivity contribution in [2.75, 3.05) is 51.4 Å². The van der Waals surface area contributed by atoms with E-state index in [1.54, 1.807) is 7.11 Å². The Morgan fingerprint density at radius 1 is 1.05 bits per heavy atom.